The van der Waals surface area contributed by atoms with Crippen molar-refractivity contribution >= 4 is 29.3 Å². The molecule has 1 aliphatic rings. The molecule has 2 aromatic rings. The maximum atomic E-state index is 14.1. The molecule has 31 heavy (non-hydrogen) atoms. The first-order valence-corrected chi connectivity index (χ1v) is 10.0. The molecule has 1 heterocycles. The van der Waals surface area contributed by atoms with E-state index in [1.54, 1.807) is 18.2 Å². The van der Waals surface area contributed by atoms with E-state index < -0.39 is 17.9 Å². The fraction of sp³-hybridized carbons (Fsp3) is 0.273. The van der Waals surface area contributed by atoms with Crippen LogP contribution in [0.3, 0.4) is 0 Å². The van der Waals surface area contributed by atoms with Crippen molar-refractivity contribution in [3.05, 3.63) is 65.2 Å². The van der Waals surface area contributed by atoms with Gasteiger partial charge in [-0.05, 0) is 59.9 Å². The molecule has 0 radical (unpaired) electrons. The monoisotopic (exact) mass is 444 g/mol. The average molecular weight is 445 g/mol. The van der Waals surface area contributed by atoms with Crippen LogP contribution in [-0.4, -0.2) is 47.7 Å². The predicted molar refractivity (Wildman–Crippen MR) is 115 cm³/mol. The van der Waals surface area contributed by atoms with E-state index in [4.69, 9.17) is 11.6 Å². The molecular formula is C22H22ClFN4O3. The van der Waals surface area contributed by atoms with Crippen LogP contribution in [0.4, 0.5) is 4.39 Å². The molecule has 7 nitrogen and oxygen atoms in total. The number of benzene rings is 1. The van der Waals surface area contributed by atoms with E-state index in [2.05, 4.69) is 22.2 Å². The molecule has 1 fully saturated rings. The van der Waals surface area contributed by atoms with Gasteiger partial charge in [-0.1, -0.05) is 18.2 Å². The van der Waals surface area contributed by atoms with Crippen LogP contribution in [0.1, 0.15) is 34.9 Å². The van der Waals surface area contributed by atoms with E-state index in [9.17, 15) is 18.8 Å². The number of pyridine rings is 1. The summed E-state index contributed by atoms with van der Waals surface area (Å²) in [5.41, 5.74) is 1.20. The van der Waals surface area contributed by atoms with Crippen LogP contribution in [0, 0.1) is 5.95 Å². The molecule has 0 saturated heterocycles. The quantitative estimate of drug-likeness (QED) is 0.507. The number of likely N-dealkylation sites (N-methyl/N-ethyl adjacent to an activating group) is 1. The largest absolute Gasteiger partial charge is 0.357 e. The van der Waals surface area contributed by atoms with Gasteiger partial charge in [0, 0.05) is 31.2 Å². The topological polar surface area (TPSA) is 91.4 Å². The zero-order valence-corrected chi connectivity index (χ0v) is 17.9. The lowest BCUT2D eigenvalue weighted by Crippen LogP contribution is -2.43. The highest BCUT2D eigenvalue weighted by Crippen LogP contribution is 2.37. The van der Waals surface area contributed by atoms with Gasteiger partial charge in [-0.3, -0.25) is 14.4 Å². The van der Waals surface area contributed by atoms with Crippen molar-refractivity contribution in [2.75, 3.05) is 14.1 Å². The van der Waals surface area contributed by atoms with Gasteiger partial charge >= 0.3 is 0 Å². The Bertz CT molecular complexity index is 1060. The molecule has 0 bridgehead atoms. The SMILES string of the molecule is C=CC(=O)N(C1CC1)[C@H](C(=O)NC)c1cc(Cl)cc(-c2cc(F)nc(C(=O)NC)c2)c1. The zero-order chi connectivity index (χ0) is 22.7. The summed E-state index contributed by atoms with van der Waals surface area (Å²) in [4.78, 5) is 42.4. The number of nitrogens with zero attached hydrogens (tertiary/aromatic N) is 2. The van der Waals surface area contributed by atoms with E-state index in [1.807, 2.05) is 0 Å². The Morgan fingerprint density at radius 2 is 1.84 bits per heavy atom. The molecule has 1 aromatic carbocycles. The molecule has 3 amide bonds. The van der Waals surface area contributed by atoms with Gasteiger partial charge in [0.15, 0.2) is 0 Å². The molecule has 0 aliphatic heterocycles. The lowest BCUT2D eigenvalue weighted by molar-refractivity contribution is -0.137. The highest BCUT2D eigenvalue weighted by Gasteiger charge is 2.40. The second-order valence-electron chi connectivity index (χ2n) is 7.11. The first-order chi connectivity index (χ1) is 14.8. The van der Waals surface area contributed by atoms with Crippen molar-refractivity contribution in [2.24, 2.45) is 0 Å². The van der Waals surface area contributed by atoms with Crippen molar-refractivity contribution < 1.29 is 18.8 Å². The number of rotatable bonds is 7. The second-order valence-corrected chi connectivity index (χ2v) is 7.55. The van der Waals surface area contributed by atoms with Crippen LogP contribution in [0.25, 0.3) is 11.1 Å². The molecule has 1 atom stereocenters. The van der Waals surface area contributed by atoms with E-state index in [1.165, 1.54) is 37.2 Å². The Morgan fingerprint density at radius 1 is 1.16 bits per heavy atom. The van der Waals surface area contributed by atoms with Crippen LogP contribution >= 0.6 is 11.6 Å². The maximum absolute atomic E-state index is 14.1. The number of aromatic nitrogens is 1. The Balaban J connectivity index is 2.13. The zero-order valence-electron chi connectivity index (χ0n) is 17.1. The number of carbonyl (C=O) groups is 3. The summed E-state index contributed by atoms with van der Waals surface area (Å²) in [5.74, 6) is -2.12. The smallest absolute Gasteiger partial charge is 0.269 e. The minimum absolute atomic E-state index is 0.0755. The normalized spacial score (nSPS) is 13.8. The second kappa shape index (κ2) is 9.26. The molecule has 2 N–H and O–H groups in total. The highest BCUT2D eigenvalue weighted by molar-refractivity contribution is 6.31. The lowest BCUT2D eigenvalue weighted by atomic mass is 9.97. The standard InChI is InChI=1S/C22H22ClFN4O3/c1-4-19(29)28(16-5-6-16)20(22(31)26-3)14-7-12(8-15(23)9-14)13-10-17(21(30)25-2)27-18(24)11-13/h4,7-11,16,20H,1,5-6H2,2-3H3,(H,25,30)(H,26,31)/t20-/m0/s1. The van der Waals surface area contributed by atoms with E-state index in [0.29, 0.717) is 21.7 Å². The van der Waals surface area contributed by atoms with Crippen LogP contribution in [0.2, 0.25) is 5.02 Å². The first kappa shape index (κ1) is 22.4. The summed E-state index contributed by atoms with van der Waals surface area (Å²) in [6.45, 7) is 3.54. The Morgan fingerprint density at radius 3 is 2.42 bits per heavy atom. The minimum atomic E-state index is -0.939. The van der Waals surface area contributed by atoms with Gasteiger partial charge in [0.25, 0.3) is 5.91 Å². The van der Waals surface area contributed by atoms with Gasteiger partial charge in [-0.2, -0.15) is 4.39 Å². The van der Waals surface area contributed by atoms with Crippen LogP contribution in [-0.2, 0) is 9.59 Å². The van der Waals surface area contributed by atoms with Crippen LogP contribution in [0.5, 0.6) is 0 Å². The van der Waals surface area contributed by atoms with E-state index in [0.717, 1.165) is 12.8 Å². The summed E-state index contributed by atoms with van der Waals surface area (Å²) in [5, 5.41) is 5.29. The molecule has 1 saturated carbocycles. The molecule has 1 aliphatic carbocycles. The molecule has 9 heteroatoms. The molecule has 0 spiro atoms. The minimum Gasteiger partial charge on any atom is -0.357 e. The maximum Gasteiger partial charge on any atom is 0.269 e. The number of hydrogen-bond donors (Lipinski definition) is 2. The van der Waals surface area contributed by atoms with Gasteiger partial charge in [0.2, 0.25) is 17.8 Å². The average Bonchev–Trinajstić information content (AvgIpc) is 3.59. The number of carbonyl (C=O) groups excluding carboxylic acids is 3. The Kier molecular flexibility index (Phi) is 6.70. The molecule has 0 unspecified atom stereocenters. The van der Waals surface area contributed by atoms with Crippen LogP contribution < -0.4 is 10.6 Å². The fourth-order valence-corrected chi connectivity index (χ4v) is 3.64. The first-order valence-electron chi connectivity index (χ1n) is 9.66. The molecule has 162 valence electrons. The summed E-state index contributed by atoms with van der Waals surface area (Å²) >= 11 is 6.33. The summed E-state index contributed by atoms with van der Waals surface area (Å²) < 4.78 is 14.1. The van der Waals surface area contributed by atoms with Crippen LogP contribution in [0.15, 0.2) is 43.0 Å². The molecular weight excluding hydrogens is 423 g/mol. The van der Waals surface area contributed by atoms with Gasteiger partial charge in [-0.25, -0.2) is 4.98 Å². The Hall–Kier alpha value is -3.26. The third-order valence-electron chi connectivity index (χ3n) is 4.97. The number of amides is 3. The van der Waals surface area contributed by atoms with Gasteiger partial charge in [-0.15, -0.1) is 0 Å². The van der Waals surface area contributed by atoms with E-state index in [-0.39, 0.29) is 23.6 Å². The van der Waals surface area contributed by atoms with Gasteiger partial charge < -0.3 is 15.5 Å². The summed E-state index contributed by atoms with van der Waals surface area (Å²) in [6, 6.07) is 6.42. The number of halogens is 2. The van der Waals surface area contributed by atoms with Crippen molar-refractivity contribution in [3.8, 4) is 11.1 Å². The van der Waals surface area contributed by atoms with E-state index >= 15 is 0 Å². The van der Waals surface area contributed by atoms with Crippen molar-refractivity contribution in [3.63, 3.8) is 0 Å². The third kappa shape index (κ3) is 4.91. The summed E-state index contributed by atoms with van der Waals surface area (Å²) in [7, 11) is 2.90. The third-order valence-corrected chi connectivity index (χ3v) is 5.18. The van der Waals surface area contributed by atoms with Crippen molar-refractivity contribution in [2.45, 2.75) is 24.9 Å². The lowest BCUT2D eigenvalue weighted by Gasteiger charge is -2.30. The number of nitrogens with one attached hydrogen (secondary N) is 2. The molecule has 1 aromatic heterocycles. The highest BCUT2D eigenvalue weighted by atomic mass is 35.5. The Labute approximate surface area is 184 Å². The van der Waals surface area contributed by atoms with Crippen molar-refractivity contribution in [1.29, 1.82) is 0 Å². The predicted octanol–water partition coefficient (Wildman–Crippen LogP) is 2.86. The van der Waals surface area contributed by atoms with Gasteiger partial charge in [0.1, 0.15) is 11.7 Å². The summed E-state index contributed by atoms with van der Waals surface area (Å²) in [6.07, 6.45) is 2.74. The molecule has 3 rings (SSSR count). The van der Waals surface area contributed by atoms with Crippen molar-refractivity contribution in [1.82, 2.24) is 20.5 Å². The van der Waals surface area contributed by atoms with Gasteiger partial charge in [0.05, 0.1) is 0 Å². The number of hydrogen-bond acceptors (Lipinski definition) is 4. The fourth-order valence-electron chi connectivity index (χ4n) is 3.40.